The zero-order chi connectivity index (χ0) is 11.4. The van der Waals surface area contributed by atoms with E-state index in [0.717, 1.165) is 45.4 Å². The molecule has 1 N–H and O–H groups in total. The Balaban J connectivity index is 0.00000144. The third-order valence-corrected chi connectivity index (χ3v) is 3.25. The number of hydrogen-bond acceptors (Lipinski definition) is 2. The fourth-order valence-corrected chi connectivity index (χ4v) is 2.16. The lowest BCUT2D eigenvalue weighted by molar-refractivity contribution is -0.0945. The molecule has 0 amide bonds. The summed E-state index contributed by atoms with van der Waals surface area (Å²) in [5.74, 6) is 1.09. The lowest BCUT2D eigenvalue weighted by Crippen LogP contribution is -2.45. The van der Waals surface area contributed by atoms with Crippen LogP contribution in [0.15, 0.2) is 4.99 Å². The fraction of sp³-hybridized carbons (Fsp3) is 0.917. The largest absolute Gasteiger partial charge is 0.380 e. The summed E-state index contributed by atoms with van der Waals surface area (Å²) in [7, 11) is 0. The zero-order valence-electron chi connectivity index (χ0n) is 10.9. The van der Waals surface area contributed by atoms with Gasteiger partial charge in [0.05, 0.1) is 19.8 Å². The molecule has 2 rings (SSSR count). The third-order valence-electron chi connectivity index (χ3n) is 3.25. The fourth-order valence-electron chi connectivity index (χ4n) is 2.16. The van der Waals surface area contributed by atoms with Crippen LogP contribution in [0.5, 0.6) is 0 Å². The van der Waals surface area contributed by atoms with Crippen molar-refractivity contribution in [2.24, 2.45) is 10.4 Å². The Labute approximate surface area is 121 Å². The van der Waals surface area contributed by atoms with Crippen molar-refractivity contribution in [1.29, 1.82) is 0 Å². The van der Waals surface area contributed by atoms with Crippen LogP contribution in [-0.4, -0.2) is 50.3 Å². The molecule has 2 fully saturated rings. The van der Waals surface area contributed by atoms with E-state index in [-0.39, 0.29) is 29.4 Å². The first-order chi connectivity index (χ1) is 7.73. The molecule has 0 radical (unpaired) electrons. The maximum absolute atomic E-state index is 5.25. The van der Waals surface area contributed by atoms with Gasteiger partial charge in [0.25, 0.3) is 0 Å². The van der Waals surface area contributed by atoms with E-state index in [1.54, 1.807) is 0 Å². The first kappa shape index (κ1) is 15.0. The van der Waals surface area contributed by atoms with Crippen molar-refractivity contribution < 1.29 is 4.74 Å². The molecule has 17 heavy (non-hydrogen) atoms. The Hall–Kier alpha value is -0.0400. The Bertz CT molecular complexity index is 260. The predicted octanol–water partition coefficient (Wildman–Crippen LogP) is 1.70. The Morgan fingerprint density at radius 2 is 2.00 bits per heavy atom. The van der Waals surface area contributed by atoms with E-state index in [0.29, 0.717) is 0 Å². The average Bonchev–Trinajstić information content (AvgIpc) is 2.74. The van der Waals surface area contributed by atoms with Crippen LogP contribution < -0.4 is 5.32 Å². The van der Waals surface area contributed by atoms with E-state index in [4.69, 9.17) is 9.73 Å². The van der Waals surface area contributed by atoms with Crippen LogP contribution in [0.2, 0.25) is 0 Å². The Morgan fingerprint density at radius 1 is 1.35 bits per heavy atom. The van der Waals surface area contributed by atoms with E-state index in [9.17, 15) is 0 Å². The minimum Gasteiger partial charge on any atom is -0.380 e. The molecule has 0 aliphatic carbocycles. The van der Waals surface area contributed by atoms with Crippen LogP contribution in [-0.2, 0) is 4.74 Å². The van der Waals surface area contributed by atoms with Crippen molar-refractivity contribution in [3.8, 4) is 0 Å². The van der Waals surface area contributed by atoms with Gasteiger partial charge in [-0.05, 0) is 19.8 Å². The summed E-state index contributed by atoms with van der Waals surface area (Å²) < 4.78 is 5.25. The molecule has 0 unspecified atom stereocenters. The lowest BCUT2D eigenvalue weighted by Gasteiger charge is -2.37. The number of nitrogens with zero attached hydrogens (tertiary/aromatic N) is 2. The first-order valence-corrected chi connectivity index (χ1v) is 6.34. The van der Waals surface area contributed by atoms with Crippen molar-refractivity contribution in [3.05, 3.63) is 0 Å². The minimum absolute atomic E-state index is 0. The van der Waals surface area contributed by atoms with Crippen molar-refractivity contribution in [2.45, 2.75) is 26.7 Å². The molecule has 5 heteroatoms. The Kier molecular flexibility index (Phi) is 5.99. The summed E-state index contributed by atoms with van der Waals surface area (Å²) in [6.45, 7) is 10.2. The van der Waals surface area contributed by atoms with Gasteiger partial charge >= 0.3 is 0 Å². The summed E-state index contributed by atoms with van der Waals surface area (Å²) >= 11 is 0. The number of ether oxygens (including phenoxy) is 1. The van der Waals surface area contributed by atoms with Gasteiger partial charge in [-0.2, -0.15) is 0 Å². The van der Waals surface area contributed by atoms with E-state index in [1.165, 1.54) is 12.8 Å². The molecule has 2 saturated heterocycles. The molecule has 4 nitrogen and oxygen atoms in total. The smallest absolute Gasteiger partial charge is 0.193 e. The molecule has 2 aliphatic rings. The molecule has 0 saturated carbocycles. The zero-order valence-corrected chi connectivity index (χ0v) is 13.2. The van der Waals surface area contributed by atoms with Crippen molar-refractivity contribution >= 4 is 29.9 Å². The summed E-state index contributed by atoms with van der Waals surface area (Å²) in [5, 5.41) is 3.38. The van der Waals surface area contributed by atoms with Crippen LogP contribution in [0, 0.1) is 5.41 Å². The number of rotatable bonds is 3. The monoisotopic (exact) mass is 353 g/mol. The molecule has 100 valence electrons. The van der Waals surface area contributed by atoms with Crippen LogP contribution >= 0.6 is 24.0 Å². The quantitative estimate of drug-likeness (QED) is 0.477. The molecule has 0 aromatic rings. The molecule has 0 aromatic carbocycles. The van der Waals surface area contributed by atoms with Crippen molar-refractivity contribution in [2.75, 3.05) is 39.4 Å². The SMILES string of the molecule is CCNC(=NCC1(C)COC1)N1CCCC1.I. The normalized spacial score (nSPS) is 22.9. The number of nitrogens with one attached hydrogen (secondary N) is 1. The van der Waals surface area contributed by atoms with Gasteiger partial charge in [0, 0.05) is 25.0 Å². The molecule has 0 spiro atoms. The van der Waals surface area contributed by atoms with Gasteiger partial charge in [-0.1, -0.05) is 6.92 Å². The number of guanidine groups is 1. The number of aliphatic imine (C=N–C) groups is 1. The lowest BCUT2D eigenvalue weighted by atomic mass is 9.89. The second kappa shape index (κ2) is 6.78. The number of hydrogen-bond donors (Lipinski definition) is 1. The van der Waals surface area contributed by atoms with E-state index >= 15 is 0 Å². The molecule has 2 aliphatic heterocycles. The van der Waals surface area contributed by atoms with E-state index in [2.05, 4.69) is 24.1 Å². The van der Waals surface area contributed by atoms with Gasteiger partial charge < -0.3 is 15.0 Å². The summed E-state index contributed by atoms with van der Waals surface area (Å²) in [5.41, 5.74) is 0.278. The molecule has 2 heterocycles. The summed E-state index contributed by atoms with van der Waals surface area (Å²) in [6.07, 6.45) is 2.59. The predicted molar refractivity (Wildman–Crippen MR) is 81.1 cm³/mol. The highest BCUT2D eigenvalue weighted by molar-refractivity contribution is 14.0. The van der Waals surface area contributed by atoms with Crippen molar-refractivity contribution in [1.82, 2.24) is 10.2 Å². The second-order valence-electron chi connectivity index (χ2n) is 5.17. The van der Waals surface area contributed by atoms with Crippen LogP contribution in [0.3, 0.4) is 0 Å². The summed E-state index contributed by atoms with van der Waals surface area (Å²) in [4.78, 5) is 7.11. The van der Waals surface area contributed by atoms with E-state index in [1.807, 2.05) is 0 Å². The van der Waals surface area contributed by atoms with Crippen LogP contribution in [0.4, 0.5) is 0 Å². The second-order valence-corrected chi connectivity index (χ2v) is 5.17. The van der Waals surface area contributed by atoms with Gasteiger partial charge in [0.15, 0.2) is 5.96 Å². The average molecular weight is 353 g/mol. The highest BCUT2D eigenvalue weighted by Gasteiger charge is 2.33. The van der Waals surface area contributed by atoms with E-state index < -0.39 is 0 Å². The molecule has 0 aromatic heterocycles. The minimum atomic E-state index is 0. The number of likely N-dealkylation sites (tertiary alicyclic amines) is 1. The van der Waals surface area contributed by atoms with Crippen molar-refractivity contribution in [3.63, 3.8) is 0 Å². The summed E-state index contributed by atoms with van der Waals surface area (Å²) in [6, 6.07) is 0. The maximum Gasteiger partial charge on any atom is 0.193 e. The van der Waals surface area contributed by atoms with Gasteiger partial charge in [0.2, 0.25) is 0 Å². The van der Waals surface area contributed by atoms with Crippen LogP contribution in [0.25, 0.3) is 0 Å². The highest BCUT2D eigenvalue weighted by atomic mass is 127. The first-order valence-electron chi connectivity index (χ1n) is 6.34. The van der Waals surface area contributed by atoms with Gasteiger partial charge in [0.1, 0.15) is 0 Å². The molecule has 0 bridgehead atoms. The Morgan fingerprint density at radius 3 is 2.47 bits per heavy atom. The topological polar surface area (TPSA) is 36.9 Å². The van der Waals surface area contributed by atoms with Gasteiger partial charge in [-0.15, -0.1) is 24.0 Å². The molecular weight excluding hydrogens is 329 g/mol. The van der Waals surface area contributed by atoms with Gasteiger partial charge in [-0.3, -0.25) is 4.99 Å². The molecular formula is C12H24IN3O. The molecule has 0 atom stereocenters. The number of halogens is 1. The maximum atomic E-state index is 5.25. The highest BCUT2D eigenvalue weighted by Crippen LogP contribution is 2.26. The third kappa shape index (κ3) is 3.98. The standard InChI is InChI=1S/C12H23N3O.HI/c1-3-13-11(15-6-4-5-7-15)14-8-12(2)9-16-10-12;/h3-10H2,1-2H3,(H,13,14);1H. The van der Waals surface area contributed by atoms with Crippen LogP contribution in [0.1, 0.15) is 26.7 Å². The van der Waals surface area contributed by atoms with Gasteiger partial charge in [-0.25, -0.2) is 0 Å².